The smallest absolute Gasteiger partial charge is 0.254 e. The SMILES string of the molecule is CC(Oc1cc(-c2ccc(C(=O)N3CCOCC3)cc2)cnc1N)c1c(Cl)ccc(F)c1Cl. The summed E-state index contributed by atoms with van der Waals surface area (Å²) < 4.78 is 25.2. The number of carbonyl (C=O) groups excluding carboxylic acids is 1. The minimum atomic E-state index is -0.673. The summed E-state index contributed by atoms with van der Waals surface area (Å²) >= 11 is 12.3. The molecule has 1 saturated heterocycles. The molecule has 2 N–H and O–H groups in total. The van der Waals surface area contributed by atoms with Crippen molar-refractivity contribution in [2.75, 3.05) is 32.0 Å². The maximum Gasteiger partial charge on any atom is 0.254 e. The lowest BCUT2D eigenvalue weighted by Gasteiger charge is -2.26. The largest absolute Gasteiger partial charge is 0.482 e. The van der Waals surface area contributed by atoms with E-state index in [-0.39, 0.29) is 21.8 Å². The first kappa shape index (κ1) is 23.3. The highest BCUT2D eigenvalue weighted by atomic mass is 35.5. The standard InChI is InChI=1S/C24H22Cl2FN3O3/c1-14(21-18(25)6-7-19(27)22(21)26)33-20-12-17(13-29-23(20)28)15-2-4-16(5-3-15)24(31)30-8-10-32-11-9-30/h2-7,12-14H,8-11H2,1H3,(H2,28,29). The van der Waals surface area contributed by atoms with Gasteiger partial charge in [-0.1, -0.05) is 35.3 Å². The number of nitrogens with zero attached hydrogens (tertiary/aromatic N) is 2. The summed E-state index contributed by atoms with van der Waals surface area (Å²) in [7, 11) is 0. The van der Waals surface area contributed by atoms with E-state index in [1.807, 2.05) is 12.1 Å². The van der Waals surface area contributed by atoms with Crippen molar-refractivity contribution < 1.29 is 18.7 Å². The van der Waals surface area contributed by atoms with Gasteiger partial charge in [0.2, 0.25) is 0 Å². The van der Waals surface area contributed by atoms with Crippen molar-refractivity contribution in [3.8, 4) is 16.9 Å². The highest BCUT2D eigenvalue weighted by Crippen LogP contribution is 2.37. The summed E-state index contributed by atoms with van der Waals surface area (Å²) in [6, 6.07) is 11.6. The van der Waals surface area contributed by atoms with Crippen molar-refractivity contribution >= 4 is 34.9 Å². The van der Waals surface area contributed by atoms with Crippen LogP contribution in [-0.2, 0) is 4.74 Å². The Balaban J connectivity index is 1.55. The first-order valence-corrected chi connectivity index (χ1v) is 11.1. The lowest BCUT2D eigenvalue weighted by atomic mass is 10.0. The quantitative estimate of drug-likeness (QED) is 0.486. The first-order valence-electron chi connectivity index (χ1n) is 10.4. The number of anilines is 1. The van der Waals surface area contributed by atoms with Crippen molar-refractivity contribution in [3.05, 3.63) is 75.7 Å². The monoisotopic (exact) mass is 489 g/mol. The summed E-state index contributed by atoms with van der Waals surface area (Å²) in [6.07, 6.45) is 0.946. The van der Waals surface area contributed by atoms with Crippen molar-refractivity contribution in [2.45, 2.75) is 13.0 Å². The van der Waals surface area contributed by atoms with E-state index in [1.165, 1.54) is 12.1 Å². The normalized spacial score (nSPS) is 14.7. The fourth-order valence-electron chi connectivity index (χ4n) is 3.63. The van der Waals surface area contributed by atoms with E-state index >= 15 is 0 Å². The number of nitrogen functional groups attached to an aromatic ring is 1. The van der Waals surface area contributed by atoms with E-state index in [0.29, 0.717) is 43.2 Å². The molecule has 2 aromatic carbocycles. The Morgan fingerprint density at radius 3 is 2.55 bits per heavy atom. The molecule has 4 rings (SSSR count). The molecule has 3 aromatic rings. The third-order valence-corrected chi connectivity index (χ3v) is 6.15. The van der Waals surface area contributed by atoms with E-state index in [9.17, 15) is 9.18 Å². The van der Waals surface area contributed by atoms with E-state index in [2.05, 4.69) is 4.98 Å². The molecule has 0 radical (unpaired) electrons. The number of nitrogens with two attached hydrogens (primary N) is 1. The van der Waals surface area contributed by atoms with Gasteiger partial charge in [0.15, 0.2) is 11.6 Å². The topological polar surface area (TPSA) is 77.7 Å². The number of aromatic nitrogens is 1. The Labute approximate surface area is 201 Å². The third kappa shape index (κ3) is 5.05. The zero-order chi connectivity index (χ0) is 23.5. The summed E-state index contributed by atoms with van der Waals surface area (Å²) in [5, 5.41) is 0.190. The van der Waals surface area contributed by atoms with Crippen LogP contribution in [0.1, 0.15) is 28.9 Å². The van der Waals surface area contributed by atoms with Gasteiger partial charge in [0.1, 0.15) is 11.9 Å². The molecule has 0 spiro atoms. The van der Waals surface area contributed by atoms with Crippen LogP contribution >= 0.6 is 23.2 Å². The molecule has 1 aliphatic rings. The van der Waals surface area contributed by atoms with E-state index in [4.69, 9.17) is 38.4 Å². The highest BCUT2D eigenvalue weighted by Gasteiger charge is 2.21. The minimum Gasteiger partial charge on any atom is -0.482 e. The van der Waals surface area contributed by atoms with Gasteiger partial charge in [-0.2, -0.15) is 0 Å². The second-order valence-corrected chi connectivity index (χ2v) is 8.39. The fourth-order valence-corrected chi connectivity index (χ4v) is 4.30. The minimum absolute atomic E-state index is 0.0259. The van der Waals surface area contributed by atoms with E-state index in [0.717, 1.165) is 11.1 Å². The van der Waals surface area contributed by atoms with Crippen LogP contribution < -0.4 is 10.5 Å². The Morgan fingerprint density at radius 2 is 1.85 bits per heavy atom. The maximum absolute atomic E-state index is 13.9. The maximum atomic E-state index is 13.9. The van der Waals surface area contributed by atoms with Gasteiger partial charge in [-0.3, -0.25) is 4.79 Å². The van der Waals surface area contributed by atoms with Crippen molar-refractivity contribution in [2.24, 2.45) is 0 Å². The van der Waals surface area contributed by atoms with Gasteiger partial charge in [0.05, 0.1) is 18.2 Å². The van der Waals surface area contributed by atoms with Gasteiger partial charge >= 0.3 is 0 Å². The number of halogens is 3. The molecule has 1 unspecified atom stereocenters. The number of amides is 1. The number of pyridine rings is 1. The number of rotatable bonds is 5. The predicted octanol–water partition coefficient (Wildman–Crippen LogP) is 5.39. The van der Waals surface area contributed by atoms with Crippen LogP contribution in [0.15, 0.2) is 48.7 Å². The molecule has 1 aromatic heterocycles. The zero-order valence-corrected chi connectivity index (χ0v) is 19.4. The van der Waals surface area contributed by atoms with Crippen LogP contribution in [-0.4, -0.2) is 42.1 Å². The van der Waals surface area contributed by atoms with Gasteiger partial charge < -0.3 is 20.1 Å². The molecule has 2 heterocycles. The highest BCUT2D eigenvalue weighted by molar-refractivity contribution is 6.36. The zero-order valence-electron chi connectivity index (χ0n) is 17.9. The van der Waals surface area contributed by atoms with Crippen LogP contribution in [0.25, 0.3) is 11.1 Å². The van der Waals surface area contributed by atoms with Gasteiger partial charge in [-0.05, 0) is 42.8 Å². The Hall–Kier alpha value is -2.87. The average Bonchev–Trinajstić information content (AvgIpc) is 2.83. The Kier molecular flexibility index (Phi) is 7.02. The number of benzene rings is 2. The van der Waals surface area contributed by atoms with Crippen LogP contribution in [0.2, 0.25) is 10.0 Å². The van der Waals surface area contributed by atoms with Crippen LogP contribution in [0.3, 0.4) is 0 Å². The second-order valence-electron chi connectivity index (χ2n) is 7.61. The summed E-state index contributed by atoms with van der Waals surface area (Å²) in [6.45, 7) is 3.97. The Bertz CT molecular complexity index is 1170. The number of ether oxygens (including phenoxy) is 2. The van der Waals surface area contributed by atoms with Gasteiger partial charge in [0, 0.05) is 41.0 Å². The molecule has 6 nitrogen and oxygen atoms in total. The molecule has 1 fully saturated rings. The predicted molar refractivity (Wildman–Crippen MR) is 126 cm³/mol. The van der Waals surface area contributed by atoms with Crippen LogP contribution in [0, 0.1) is 5.82 Å². The van der Waals surface area contributed by atoms with Crippen molar-refractivity contribution in [1.29, 1.82) is 0 Å². The summed E-state index contributed by atoms with van der Waals surface area (Å²) in [5.41, 5.74) is 8.52. The molecule has 9 heteroatoms. The average molecular weight is 490 g/mol. The van der Waals surface area contributed by atoms with Crippen molar-refractivity contribution in [3.63, 3.8) is 0 Å². The number of hydrogen-bond donors (Lipinski definition) is 1. The molecule has 1 aliphatic heterocycles. The molecule has 0 saturated carbocycles. The third-order valence-electron chi connectivity index (χ3n) is 5.43. The summed E-state index contributed by atoms with van der Waals surface area (Å²) in [5.74, 6) is -0.127. The second kappa shape index (κ2) is 9.95. The van der Waals surface area contributed by atoms with Crippen LogP contribution in [0.4, 0.5) is 10.2 Å². The van der Waals surface area contributed by atoms with Crippen molar-refractivity contribution in [1.82, 2.24) is 9.88 Å². The van der Waals surface area contributed by atoms with Gasteiger partial charge in [0.25, 0.3) is 5.91 Å². The van der Waals surface area contributed by atoms with Gasteiger partial charge in [-0.25, -0.2) is 9.37 Å². The van der Waals surface area contributed by atoms with E-state index in [1.54, 1.807) is 36.2 Å². The first-order chi connectivity index (χ1) is 15.8. The number of morpholine rings is 1. The van der Waals surface area contributed by atoms with Gasteiger partial charge in [-0.15, -0.1) is 0 Å². The molecule has 172 valence electrons. The Morgan fingerprint density at radius 1 is 1.15 bits per heavy atom. The number of hydrogen-bond acceptors (Lipinski definition) is 5. The molecule has 0 aliphatic carbocycles. The number of carbonyl (C=O) groups is 1. The van der Waals surface area contributed by atoms with E-state index < -0.39 is 11.9 Å². The molecular formula is C24H22Cl2FN3O3. The summed E-state index contributed by atoms with van der Waals surface area (Å²) in [4.78, 5) is 18.7. The molecular weight excluding hydrogens is 468 g/mol. The molecule has 1 atom stereocenters. The molecule has 33 heavy (non-hydrogen) atoms. The lowest BCUT2D eigenvalue weighted by Crippen LogP contribution is -2.40. The van der Waals surface area contributed by atoms with Crippen LogP contribution in [0.5, 0.6) is 5.75 Å². The fraction of sp³-hybridized carbons (Fsp3) is 0.250. The molecule has 1 amide bonds. The molecule has 0 bridgehead atoms. The lowest BCUT2D eigenvalue weighted by molar-refractivity contribution is 0.0303.